The summed E-state index contributed by atoms with van der Waals surface area (Å²) in [4.78, 5) is 32.8. The van der Waals surface area contributed by atoms with Crippen molar-refractivity contribution >= 4 is 11.9 Å². The number of hydrogen-bond donors (Lipinski definition) is 2. The Kier molecular flexibility index (Phi) is 4.87. The molecule has 25 heavy (non-hydrogen) atoms. The van der Waals surface area contributed by atoms with Crippen LogP contribution in [-0.4, -0.2) is 45.8 Å². The minimum Gasteiger partial charge on any atom is -0.353 e. The zero-order valence-electron chi connectivity index (χ0n) is 14.8. The average molecular weight is 344 g/mol. The lowest BCUT2D eigenvalue weighted by atomic mass is 9.78. The summed E-state index contributed by atoms with van der Waals surface area (Å²) in [5.74, 6) is 0.815. The van der Waals surface area contributed by atoms with Crippen LogP contribution in [0.15, 0.2) is 23.1 Å². The molecule has 0 atom stereocenters. The van der Waals surface area contributed by atoms with Gasteiger partial charge in [0.2, 0.25) is 11.9 Å². The SMILES string of the molecule is Cc1ccnn1CCC(=O)NC1CC(c2cc(=O)[nH]c(N(C)C)n2)C1. The largest absolute Gasteiger partial charge is 0.353 e. The zero-order chi connectivity index (χ0) is 18.0. The highest BCUT2D eigenvalue weighted by Crippen LogP contribution is 2.35. The molecule has 8 heteroatoms. The van der Waals surface area contributed by atoms with Crippen LogP contribution in [0.25, 0.3) is 0 Å². The van der Waals surface area contributed by atoms with E-state index in [0.717, 1.165) is 24.2 Å². The summed E-state index contributed by atoms with van der Waals surface area (Å²) in [6, 6.07) is 3.63. The number of nitrogens with one attached hydrogen (secondary N) is 2. The van der Waals surface area contributed by atoms with E-state index in [-0.39, 0.29) is 23.4 Å². The van der Waals surface area contributed by atoms with Crippen LogP contribution in [0.1, 0.15) is 36.6 Å². The number of carbonyl (C=O) groups excluding carboxylic acids is 1. The molecule has 1 aliphatic rings. The maximum Gasteiger partial charge on any atom is 0.252 e. The van der Waals surface area contributed by atoms with Crippen molar-refractivity contribution in [2.24, 2.45) is 0 Å². The quantitative estimate of drug-likeness (QED) is 0.808. The van der Waals surface area contributed by atoms with Gasteiger partial charge in [0.25, 0.3) is 5.56 Å². The molecule has 0 aromatic carbocycles. The number of amides is 1. The van der Waals surface area contributed by atoms with E-state index in [1.54, 1.807) is 17.2 Å². The average Bonchev–Trinajstić information content (AvgIpc) is 2.93. The topological polar surface area (TPSA) is 95.9 Å². The lowest BCUT2D eigenvalue weighted by Gasteiger charge is -2.35. The Labute approximate surface area is 146 Å². The predicted octanol–water partition coefficient (Wildman–Crippen LogP) is 0.793. The fourth-order valence-corrected chi connectivity index (χ4v) is 3.00. The minimum absolute atomic E-state index is 0.0335. The molecule has 0 aliphatic heterocycles. The van der Waals surface area contributed by atoms with Crippen LogP contribution in [0.2, 0.25) is 0 Å². The van der Waals surface area contributed by atoms with Crippen LogP contribution in [0, 0.1) is 6.92 Å². The molecule has 1 amide bonds. The van der Waals surface area contributed by atoms with Crippen LogP contribution in [0.5, 0.6) is 0 Å². The lowest BCUT2D eigenvalue weighted by molar-refractivity contribution is -0.122. The van der Waals surface area contributed by atoms with Gasteiger partial charge in [-0.25, -0.2) is 4.98 Å². The smallest absolute Gasteiger partial charge is 0.252 e. The van der Waals surface area contributed by atoms with Crippen LogP contribution >= 0.6 is 0 Å². The molecule has 0 bridgehead atoms. The van der Waals surface area contributed by atoms with Gasteiger partial charge in [-0.05, 0) is 25.8 Å². The normalized spacial score (nSPS) is 19.3. The third kappa shape index (κ3) is 4.07. The Hall–Kier alpha value is -2.64. The summed E-state index contributed by atoms with van der Waals surface area (Å²) in [5.41, 5.74) is 1.70. The van der Waals surface area contributed by atoms with Crippen LogP contribution in [0.3, 0.4) is 0 Å². The number of rotatable bonds is 6. The number of hydrogen-bond acceptors (Lipinski definition) is 5. The zero-order valence-corrected chi connectivity index (χ0v) is 14.8. The van der Waals surface area contributed by atoms with E-state index in [1.807, 2.05) is 31.8 Å². The number of aryl methyl sites for hydroxylation is 2. The number of H-pyrrole nitrogens is 1. The molecule has 2 N–H and O–H groups in total. The van der Waals surface area contributed by atoms with E-state index in [0.29, 0.717) is 18.9 Å². The second-order valence-corrected chi connectivity index (χ2v) is 6.77. The van der Waals surface area contributed by atoms with Gasteiger partial charge in [0, 0.05) is 57.0 Å². The van der Waals surface area contributed by atoms with E-state index in [2.05, 4.69) is 20.4 Å². The van der Waals surface area contributed by atoms with Crippen LogP contribution < -0.4 is 15.8 Å². The van der Waals surface area contributed by atoms with E-state index in [9.17, 15) is 9.59 Å². The molecule has 2 aromatic rings. The molecule has 0 radical (unpaired) electrons. The van der Waals surface area contributed by atoms with Crippen molar-refractivity contribution in [3.8, 4) is 0 Å². The van der Waals surface area contributed by atoms with Gasteiger partial charge in [-0.15, -0.1) is 0 Å². The first-order valence-corrected chi connectivity index (χ1v) is 8.48. The third-order valence-electron chi connectivity index (χ3n) is 4.57. The Morgan fingerprint density at radius 3 is 2.84 bits per heavy atom. The van der Waals surface area contributed by atoms with Gasteiger partial charge in [-0.1, -0.05) is 0 Å². The summed E-state index contributed by atoms with van der Waals surface area (Å²) in [5, 5.41) is 7.22. The molecular weight excluding hydrogens is 320 g/mol. The Balaban J connectivity index is 1.49. The molecular formula is C17H24N6O2. The first kappa shape index (κ1) is 17.2. The van der Waals surface area contributed by atoms with E-state index in [1.165, 1.54) is 0 Å². The molecule has 8 nitrogen and oxygen atoms in total. The maximum absolute atomic E-state index is 12.1. The molecule has 0 saturated heterocycles. The Bertz CT molecular complexity index is 803. The van der Waals surface area contributed by atoms with E-state index >= 15 is 0 Å². The first-order chi connectivity index (χ1) is 11.9. The Morgan fingerprint density at radius 2 is 2.20 bits per heavy atom. The molecule has 134 valence electrons. The van der Waals surface area contributed by atoms with E-state index < -0.39 is 0 Å². The summed E-state index contributed by atoms with van der Waals surface area (Å²) in [6.07, 6.45) is 3.78. The van der Waals surface area contributed by atoms with Crippen LogP contribution in [0.4, 0.5) is 5.95 Å². The molecule has 0 unspecified atom stereocenters. The molecule has 1 aliphatic carbocycles. The van der Waals surface area contributed by atoms with Gasteiger partial charge in [0.1, 0.15) is 0 Å². The predicted molar refractivity (Wildman–Crippen MR) is 94.7 cm³/mol. The summed E-state index contributed by atoms with van der Waals surface area (Å²) >= 11 is 0. The molecule has 3 rings (SSSR count). The van der Waals surface area contributed by atoms with Crippen molar-refractivity contribution in [1.29, 1.82) is 0 Å². The minimum atomic E-state index is -0.143. The van der Waals surface area contributed by atoms with Crippen molar-refractivity contribution in [3.63, 3.8) is 0 Å². The summed E-state index contributed by atoms with van der Waals surface area (Å²) < 4.78 is 1.83. The second-order valence-electron chi connectivity index (χ2n) is 6.77. The third-order valence-corrected chi connectivity index (χ3v) is 4.57. The number of anilines is 1. The van der Waals surface area contributed by atoms with Crippen molar-refractivity contribution in [3.05, 3.63) is 40.1 Å². The van der Waals surface area contributed by atoms with Gasteiger partial charge in [0.15, 0.2) is 0 Å². The molecule has 1 saturated carbocycles. The Morgan fingerprint density at radius 1 is 1.44 bits per heavy atom. The first-order valence-electron chi connectivity index (χ1n) is 8.48. The molecule has 0 spiro atoms. The van der Waals surface area contributed by atoms with Crippen LogP contribution in [-0.2, 0) is 11.3 Å². The number of aromatic nitrogens is 4. The lowest BCUT2D eigenvalue weighted by Crippen LogP contribution is -2.44. The molecule has 1 fully saturated rings. The second kappa shape index (κ2) is 7.08. The summed E-state index contributed by atoms with van der Waals surface area (Å²) in [7, 11) is 3.68. The highest BCUT2D eigenvalue weighted by Gasteiger charge is 2.32. The standard InChI is InChI=1S/C17H24N6O2/c1-11-4-6-18-23(11)7-5-15(24)19-13-8-12(9-13)14-10-16(25)21-17(20-14)22(2)3/h4,6,10,12-13H,5,7-9H2,1-3H3,(H,19,24)(H,20,21,25). The monoisotopic (exact) mass is 344 g/mol. The van der Waals surface area contributed by atoms with Gasteiger partial charge in [0.05, 0.1) is 5.69 Å². The molecule has 2 heterocycles. The van der Waals surface area contributed by atoms with E-state index in [4.69, 9.17) is 0 Å². The number of carbonyl (C=O) groups is 1. The molecule has 2 aromatic heterocycles. The highest BCUT2D eigenvalue weighted by molar-refractivity contribution is 5.76. The van der Waals surface area contributed by atoms with Crippen molar-refractivity contribution < 1.29 is 4.79 Å². The summed E-state index contributed by atoms with van der Waals surface area (Å²) in [6.45, 7) is 2.56. The van der Waals surface area contributed by atoms with Crippen molar-refractivity contribution in [1.82, 2.24) is 25.1 Å². The fraction of sp³-hybridized carbons (Fsp3) is 0.529. The van der Waals surface area contributed by atoms with Gasteiger partial charge in [-0.2, -0.15) is 5.10 Å². The van der Waals surface area contributed by atoms with Gasteiger partial charge >= 0.3 is 0 Å². The number of nitrogens with zero attached hydrogens (tertiary/aromatic N) is 4. The van der Waals surface area contributed by atoms with Crippen molar-refractivity contribution in [2.75, 3.05) is 19.0 Å². The highest BCUT2D eigenvalue weighted by atomic mass is 16.1. The van der Waals surface area contributed by atoms with Gasteiger partial charge < -0.3 is 10.2 Å². The fourth-order valence-electron chi connectivity index (χ4n) is 3.00. The van der Waals surface area contributed by atoms with Crippen molar-refractivity contribution in [2.45, 2.75) is 44.7 Å². The maximum atomic E-state index is 12.1. The van der Waals surface area contributed by atoms with Gasteiger partial charge in [-0.3, -0.25) is 19.3 Å². The number of aromatic amines is 1.